The third-order valence-electron chi connectivity index (χ3n) is 6.84. The second-order valence-corrected chi connectivity index (χ2v) is 12.7. The van der Waals surface area contributed by atoms with E-state index in [2.05, 4.69) is 14.8 Å². The van der Waals surface area contributed by atoms with Crippen LogP contribution in [0.2, 0.25) is 0 Å². The fourth-order valence-electron chi connectivity index (χ4n) is 4.85. The summed E-state index contributed by atoms with van der Waals surface area (Å²) < 4.78 is 74.8. The van der Waals surface area contributed by atoms with Crippen LogP contribution in [0.15, 0.2) is 66.7 Å². The molecule has 0 unspecified atom stereocenters. The summed E-state index contributed by atoms with van der Waals surface area (Å²) in [4.78, 5) is 22.2. The smallest absolute Gasteiger partial charge is 0.300 e. The van der Waals surface area contributed by atoms with E-state index in [1.54, 1.807) is 0 Å². The van der Waals surface area contributed by atoms with Gasteiger partial charge in [0.15, 0.2) is 21.1 Å². The van der Waals surface area contributed by atoms with E-state index >= 15 is 0 Å². The fourth-order valence-corrected chi connectivity index (χ4v) is 6.34. The van der Waals surface area contributed by atoms with Gasteiger partial charge in [-0.15, -0.1) is 0 Å². The lowest BCUT2D eigenvalue weighted by Gasteiger charge is -2.22. The van der Waals surface area contributed by atoms with Crippen molar-refractivity contribution in [3.63, 3.8) is 0 Å². The molecule has 1 heterocycles. The van der Waals surface area contributed by atoms with E-state index in [0.717, 1.165) is 18.2 Å². The molecule has 1 aliphatic carbocycles. The number of hydrogen-bond donors (Lipinski definition) is 5. The first-order valence-electron chi connectivity index (χ1n) is 13.5. The summed E-state index contributed by atoms with van der Waals surface area (Å²) in [6, 6.07) is 7.83. The maximum absolute atomic E-state index is 12.8. The van der Waals surface area contributed by atoms with Gasteiger partial charge in [-0.2, -0.15) is 16.8 Å². The second kappa shape index (κ2) is 13.8. The maximum atomic E-state index is 12.8. The molecule has 250 valence electrons. The SMILES string of the molecule is N=c1ccc2c(-c3ccc(C([O-])=NCCCCCN=C([O-])CON)cc3C(=O)[O-])c3ccc(N)c(S(=O)(=O)O)c3oc-2c1S(=O)(=O)O. The van der Waals surface area contributed by atoms with E-state index in [1.165, 1.54) is 24.3 Å². The minimum Gasteiger partial charge on any atom is -0.860 e. The van der Waals surface area contributed by atoms with E-state index in [4.69, 9.17) is 21.5 Å². The summed E-state index contributed by atoms with van der Waals surface area (Å²) in [6.45, 7) is -0.0272. The Hall–Kier alpha value is -4.92. The van der Waals surface area contributed by atoms with Crippen LogP contribution in [0.1, 0.15) is 35.2 Å². The highest BCUT2D eigenvalue weighted by Crippen LogP contribution is 2.45. The van der Waals surface area contributed by atoms with Gasteiger partial charge in [0.05, 0.1) is 23.6 Å². The predicted molar refractivity (Wildman–Crippen MR) is 160 cm³/mol. The number of anilines is 1. The van der Waals surface area contributed by atoms with Gasteiger partial charge in [-0.05, 0) is 72.5 Å². The minimum atomic E-state index is -5.19. The van der Waals surface area contributed by atoms with Crippen LogP contribution in [0.5, 0.6) is 0 Å². The zero-order valence-electron chi connectivity index (χ0n) is 24.1. The molecule has 0 aromatic heterocycles. The highest BCUT2D eigenvalue weighted by Gasteiger charge is 2.31. The fraction of sp³-hybridized carbons (Fsp3) is 0.214. The normalized spacial score (nSPS) is 13.0. The summed E-state index contributed by atoms with van der Waals surface area (Å²) in [7, 11) is -10.3. The summed E-state index contributed by atoms with van der Waals surface area (Å²) >= 11 is 0. The van der Waals surface area contributed by atoms with Gasteiger partial charge in [0, 0.05) is 35.2 Å². The number of benzene rings is 3. The molecular weight excluding hydrogens is 662 g/mol. The summed E-state index contributed by atoms with van der Waals surface area (Å²) in [6.07, 6.45) is 1.55. The van der Waals surface area contributed by atoms with E-state index in [0.29, 0.717) is 19.3 Å². The van der Waals surface area contributed by atoms with Gasteiger partial charge >= 0.3 is 0 Å². The van der Waals surface area contributed by atoms with Crippen LogP contribution in [0.3, 0.4) is 0 Å². The van der Waals surface area contributed by atoms with E-state index < -0.39 is 75.7 Å². The Balaban J connectivity index is 1.86. The van der Waals surface area contributed by atoms with Crippen molar-refractivity contribution in [3.8, 4) is 22.5 Å². The Labute approximate surface area is 266 Å². The number of nitrogens with one attached hydrogen (secondary N) is 1. The summed E-state index contributed by atoms with van der Waals surface area (Å²) in [5.74, 6) is 0.990. The number of carbonyl (C=O) groups is 1. The summed E-state index contributed by atoms with van der Waals surface area (Å²) in [5, 5.41) is 43.6. The first-order valence-corrected chi connectivity index (χ1v) is 16.4. The zero-order valence-corrected chi connectivity index (χ0v) is 25.8. The lowest BCUT2D eigenvalue weighted by Crippen LogP contribution is -2.25. The minimum absolute atomic E-state index is 0.0737. The number of carbonyl (C=O) groups excluding carboxylic acids is 1. The monoisotopic (exact) mass is 688 g/mol. The Bertz CT molecular complexity index is 2180. The van der Waals surface area contributed by atoms with Crippen LogP contribution in [-0.4, -0.2) is 63.4 Å². The molecule has 7 N–H and O–H groups in total. The molecule has 4 rings (SSSR count). The maximum Gasteiger partial charge on any atom is 0.300 e. The molecule has 2 aromatic carbocycles. The third-order valence-corrected chi connectivity index (χ3v) is 8.69. The van der Waals surface area contributed by atoms with Crippen molar-refractivity contribution < 1.29 is 55.3 Å². The van der Waals surface area contributed by atoms with Crippen molar-refractivity contribution in [2.24, 2.45) is 15.9 Å². The van der Waals surface area contributed by atoms with Crippen LogP contribution in [0, 0.1) is 5.41 Å². The molecule has 0 radical (unpaired) electrons. The average Bonchev–Trinajstić information content (AvgIpc) is 2.97. The van der Waals surface area contributed by atoms with Crippen molar-refractivity contribution in [2.45, 2.75) is 29.1 Å². The molecule has 2 aromatic rings. The van der Waals surface area contributed by atoms with Crippen molar-refractivity contribution in [1.82, 2.24) is 0 Å². The highest BCUT2D eigenvalue weighted by atomic mass is 32.2. The van der Waals surface area contributed by atoms with Gasteiger partial charge in [0.25, 0.3) is 20.2 Å². The topological polar surface area (TPSA) is 318 Å². The number of rotatable bonds is 13. The van der Waals surface area contributed by atoms with Crippen molar-refractivity contribution >= 4 is 54.7 Å². The Morgan fingerprint density at radius 1 is 0.894 bits per heavy atom. The Morgan fingerprint density at radius 3 is 2.15 bits per heavy atom. The number of carboxylic acid groups (broad SMARTS) is 1. The quantitative estimate of drug-likeness (QED) is 0.0215. The lowest BCUT2D eigenvalue weighted by molar-refractivity contribution is -0.255. The van der Waals surface area contributed by atoms with Gasteiger partial charge in [-0.1, -0.05) is 12.1 Å². The Morgan fingerprint density at radius 2 is 1.53 bits per heavy atom. The predicted octanol–water partition coefficient (Wildman–Crippen LogP) is -0.951. The van der Waals surface area contributed by atoms with Crippen molar-refractivity contribution in [1.29, 1.82) is 5.41 Å². The van der Waals surface area contributed by atoms with Crippen molar-refractivity contribution in [3.05, 3.63) is 58.9 Å². The number of unbranched alkanes of at least 4 members (excludes halogenated alkanes) is 2. The molecule has 0 bridgehead atoms. The average molecular weight is 689 g/mol. The van der Waals surface area contributed by atoms with Gasteiger partial charge in [0.1, 0.15) is 0 Å². The molecule has 0 saturated carbocycles. The Kier molecular flexibility index (Phi) is 10.3. The summed E-state index contributed by atoms with van der Waals surface area (Å²) in [5.41, 5.74) is 3.25. The molecule has 0 fully saturated rings. The first-order chi connectivity index (χ1) is 22.1. The van der Waals surface area contributed by atoms with Gasteiger partial charge in [-0.3, -0.25) is 19.4 Å². The largest absolute Gasteiger partial charge is 0.860 e. The van der Waals surface area contributed by atoms with Crippen molar-refractivity contribution in [2.75, 3.05) is 25.4 Å². The molecule has 2 aliphatic rings. The molecule has 1 aliphatic heterocycles. The third kappa shape index (κ3) is 7.56. The molecular formula is C28H26N5O12S2-3. The van der Waals surface area contributed by atoms with Gasteiger partial charge in [-0.25, -0.2) is 5.90 Å². The second-order valence-electron chi connectivity index (χ2n) is 9.99. The number of nitrogen functional groups attached to an aromatic ring is 1. The van der Waals surface area contributed by atoms with Crippen LogP contribution in [0.25, 0.3) is 33.4 Å². The number of carboxylic acids is 1. The van der Waals surface area contributed by atoms with Gasteiger partial charge < -0.3 is 40.2 Å². The number of nitrogens with two attached hydrogens (primary N) is 2. The van der Waals surface area contributed by atoms with E-state index in [1.807, 2.05) is 0 Å². The lowest BCUT2D eigenvalue weighted by atomic mass is 9.89. The molecule has 0 saturated heterocycles. The van der Waals surface area contributed by atoms with Crippen LogP contribution < -0.4 is 32.3 Å². The number of aliphatic imine (C=N–C) groups is 2. The standard InChI is InChI=1S/C28H29N5O12S2/c29-19-8-6-16-22(17-7-9-20(30)26(47(41,42)43)24(17)45-23(16)25(19)46(38,39)40)15-5-4-14(12-18(15)28(36)37)27(35)33-11-3-1-2-10-32-21(34)13-44-31/h4-9,12,29H,1-3,10-11,13,30-31H2,(H,32,34)(H,33,35)(H,36,37)(H,38,39,40)(H,41,42,43)/p-3. The zero-order chi connectivity index (χ0) is 34.7. The number of hydrogen-bond acceptors (Lipinski definition) is 15. The molecule has 0 spiro atoms. The van der Waals surface area contributed by atoms with Gasteiger partial charge in [0.2, 0.25) is 0 Å². The van der Waals surface area contributed by atoms with Crippen LogP contribution in [0.4, 0.5) is 5.69 Å². The van der Waals surface area contributed by atoms with Crippen LogP contribution in [-0.2, 0) is 25.1 Å². The molecule has 47 heavy (non-hydrogen) atoms. The molecule has 0 atom stereocenters. The van der Waals surface area contributed by atoms with E-state index in [9.17, 15) is 46.1 Å². The van der Waals surface area contributed by atoms with Crippen LogP contribution >= 0.6 is 0 Å². The first kappa shape index (κ1) is 34.9. The van der Waals surface area contributed by atoms with E-state index in [-0.39, 0.29) is 47.3 Å². The molecule has 19 heteroatoms. The molecule has 0 amide bonds. The number of fused-ring (bicyclic) bond motifs is 2. The number of aromatic carboxylic acids is 1. The number of nitrogens with zero attached hydrogens (tertiary/aromatic N) is 2. The highest BCUT2D eigenvalue weighted by molar-refractivity contribution is 7.86. The molecule has 17 nitrogen and oxygen atoms in total.